The van der Waals surface area contributed by atoms with E-state index in [2.05, 4.69) is 5.32 Å². The summed E-state index contributed by atoms with van der Waals surface area (Å²) >= 11 is 0. The second-order valence-electron chi connectivity index (χ2n) is 4.42. The van der Waals surface area contributed by atoms with Crippen LogP contribution in [0.2, 0.25) is 0 Å². The molecule has 4 heteroatoms. The van der Waals surface area contributed by atoms with Gasteiger partial charge in [-0.15, -0.1) is 0 Å². The van der Waals surface area contributed by atoms with Crippen LogP contribution in [-0.2, 0) is 10.3 Å². The molecule has 0 atom stereocenters. The van der Waals surface area contributed by atoms with Crippen molar-refractivity contribution in [1.82, 2.24) is 5.32 Å². The number of carbonyl (C=O) groups is 1. The van der Waals surface area contributed by atoms with Crippen molar-refractivity contribution in [3.8, 4) is 0 Å². The molecular formula is C14H20N2O2. The minimum atomic E-state index is -0.462. The highest BCUT2D eigenvalue weighted by atomic mass is 16.5. The number of hydrogen-bond donors (Lipinski definition) is 2. The highest BCUT2D eigenvalue weighted by molar-refractivity contribution is 5.68. The number of nitrogens with two attached hydrogens (primary N) is 1. The number of ether oxygens (including phenoxy) is 1. The van der Waals surface area contributed by atoms with Gasteiger partial charge in [0, 0.05) is 6.54 Å². The van der Waals surface area contributed by atoms with Crippen LogP contribution in [-0.4, -0.2) is 19.2 Å². The normalized spacial score (nSPS) is 11.5. The van der Waals surface area contributed by atoms with Crippen molar-refractivity contribution in [1.29, 1.82) is 0 Å². The van der Waals surface area contributed by atoms with E-state index in [9.17, 15) is 4.79 Å². The predicted octanol–water partition coefficient (Wildman–Crippen LogP) is 2.16. The molecule has 4 nitrogen and oxygen atoms in total. The fourth-order valence-electron chi connectivity index (χ4n) is 1.51. The van der Waals surface area contributed by atoms with Crippen LogP contribution >= 0.6 is 0 Å². The van der Waals surface area contributed by atoms with Gasteiger partial charge in [-0.3, -0.25) is 0 Å². The first kappa shape index (κ1) is 14.3. The molecule has 0 aliphatic rings. The number of nitrogens with one attached hydrogen (secondary N) is 1. The van der Waals surface area contributed by atoms with Gasteiger partial charge >= 0.3 is 6.09 Å². The van der Waals surface area contributed by atoms with Crippen molar-refractivity contribution in [3.05, 3.63) is 48.0 Å². The molecule has 98 valence electrons. The van der Waals surface area contributed by atoms with Crippen molar-refractivity contribution in [2.75, 3.05) is 13.2 Å². The van der Waals surface area contributed by atoms with E-state index >= 15 is 0 Å². The Labute approximate surface area is 108 Å². The number of carbonyl (C=O) groups excluding carboxylic acids is 1. The monoisotopic (exact) mass is 248 g/mol. The van der Waals surface area contributed by atoms with E-state index < -0.39 is 11.6 Å². The summed E-state index contributed by atoms with van der Waals surface area (Å²) in [7, 11) is 0. The molecule has 3 N–H and O–H groups in total. The average molecular weight is 248 g/mol. The van der Waals surface area contributed by atoms with E-state index in [1.54, 1.807) is 12.2 Å². The van der Waals surface area contributed by atoms with Crippen LogP contribution < -0.4 is 11.1 Å². The van der Waals surface area contributed by atoms with Gasteiger partial charge in [0.05, 0.1) is 5.54 Å². The largest absolute Gasteiger partial charge is 0.445 e. The number of amides is 1. The Kier molecular flexibility index (Phi) is 5.39. The van der Waals surface area contributed by atoms with E-state index in [-0.39, 0.29) is 6.61 Å². The maximum absolute atomic E-state index is 11.6. The topological polar surface area (TPSA) is 64.3 Å². The lowest BCUT2D eigenvalue weighted by Crippen LogP contribution is -2.41. The van der Waals surface area contributed by atoms with Gasteiger partial charge in [0.2, 0.25) is 0 Å². The Hall–Kier alpha value is -1.81. The summed E-state index contributed by atoms with van der Waals surface area (Å²) in [5, 5.41) is 2.82. The summed E-state index contributed by atoms with van der Waals surface area (Å²) in [5.41, 5.74) is 5.85. The van der Waals surface area contributed by atoms with E-state index in [1.165, 1.54) is 0 Å². The van der Waals surface area contributed by atoms with E-state index in [0.29, 0.717) is 6.54 Å². The molecule has 1 aromatic carbocycles. The molecule has 1 rings (SSSR count). The molecular weight excluding hydrogens is 228 g/mol. The van der Waals surface area contributed by atoms with Crippen LogP contribution in [0.1, 0.15) is 19.4 Å². The molecule has 18 heavy (non-hydrogen) atoms. The quantitative estimate of drug-likeness (QED) is 0.785. The van der Waals surface area contributed by atoms with Crippen LogP contribution in [0.5, 0.6) is 0 Å². The van der Waals surface area contributed by atoms with E-state index in [1.807, 2.05) is 44.2 Å². The van der Waals surface area contributed by atoms with Crippen LogP contribution in [0.3, 0.4) is 0 Å². The zero-order valence-corrected chi connectivity index (χ0v) is 10.8. The Bertz CT molecular complexity index is 400. The Morgan fingerprint density at radius 1 is 1.33 bits per heavy atom. The Morgan fingerprint density at radius 2 is 2.00 bits per heavy atom. The molecule has 0 unspecified atom stereocenters. The SMILES string of the molecule is CC(C)(NC(=O)OC/C=C/CN)c1ccccc1. The lowest BCUT2D eigenvalue weighted by atomic mass is 9.95. The fourth-order valence-corrected chi connectivity index (χ4v) is 1.51. The van der Waals surface area contributed by atoms with E-state index in [0.717, 1.165) is 5.56 Å². The summed E-state index contributed by atoms with van der Waals surface area (Å²) in [6, 6.07) is 9.75. The third kappa shape index (κ3) is 4.59. The Balaban J connectivity index is 2.50. The average Bonchev–Trinajstić information content (AvgIpc) is 2.35. The lowest BCUT2D eigenvalue weighted by molar-refractivity contribution is 0.147. The molecule has 0 saturated carbocycles. The van der Waals surface area contributed by atoms with Crippen molar-refractivity contribution in [2.24, 2.45) is 5.73 Å². The standard InChI is InChI=1S/C14H20N2O2/c1-14(2,12-8-4-3-5-9-12)16-13(17)18-11-7-6-10-15/h3-9H,10-11,15H2,1-2H3,(H,16,17)/b7-6+. The second kappa shape index (κ2) is 6.81. The van der Waals surface area contributed by atoms with Crippen molar-refractivity contribution in [3.63, 3.8) is 0 Å². The number of rotatable bonds is 5. The van der Waals surface area contributed by atoms with Crippen LogP contribution in [0.25, 0.3) is 0 Å². The summed E-state index contributed by atoms with van der Waals surface area (Å²) in [4.78, 5) is 11.6. The van der Waals surface area contributed by atoms with Crippen LogP contribution in [0, 0.1) is 0 Å². The lowest BCUT2D eigenvalue weighted by Gasteiger charge is -2.26. The van der Waals surface area contributed by atoms with Gasteiger partial charge in [-0.2, -0.15) is 0 Å². The van der Waals surface area contributed by atoms with Gasteiger partial charge in [-0.25, -0.2) is 4.79 Å². The maximum Gasteiger partial charge on any atom is 0.408 e. The molecule has 1 aromatic rings. The van der Waals surface area contributed by atoms with Crippen LogP contribution in [0.15, 0.2) is 42.5 Å². The highest BCUT2D eigenvalue weighted by Gasteiger charge is 2.22. The first-order valence-electron chi connectivity index (χ1n) is 5.92. The third-order valence-electron chi connectivity index (χ3n) is 2.52. The molecule has 0 aromatic heterocycles. The fraction of sp³-hybridized carbons (Fsp3) is 0.357. The summed E-state index contributed by atoms with van der Waals surface area (Å²) in [6.07, 6.45) is 3.02. The smallest absolute Gasteiger partial charge is 0.408 e. The number of alkyl carbamates (subject to hydrolysis) is 1. The van der Waals surface area contributed by atoms with Gasteiger partial charge in [0.1, 0.15) is 6.61 Å². The zero-order valence-electron chi connectivity index (χ0n) is 10.8. The van der Waals surface area contributed by atoms with Gasteiger partial charge in [0.25, 0.3) is 0 Å². The van der Waals surface area contributed by atoms with Gasteiger partial charge in [-0.1, -0.05) is 36.4 Å². The first-order valence-corrected chi connectivity index (χ1v) is 5.92. The first-order chi connectivity index (χ1) is 8.56. The van der Waals surface area contributed by atoms with Crippen molar-refractivity contribution < 1.29 is 9.53 Å². The van der Waals surface area contributed by atoms with Crippen molar-refractivity contribution >= 4 is 6.09 Å². The summed E-state index contributed by atoms with van der Waals surface area (Å²) in [6.45, 7) is 4.53. The van der Waals surface area contributed by atoms with Gasteiger partial charge in [0.15, 0.2) is 0 Å². The number of hydrogen-bond acceptors (Lipinski definition) is 3. The molecule has 0 spiro atoms. The predicted molar refractivity (Wildman–Crippen MR) is 72.1 cm³/mol. The third-order valence-corrected chi connectivity index (χ3v) is 2.52. The maximum atomic E-state index is 11.6. The minimum Gasteiger partial charge on any atom is -0.445 e. The minimum absolute atomic E-state index is 0.230. The Morgan fingerprint density at radius 3 is 2.61 bits per heavy atom. The highest BCUT2D eigenvalue weighted by Crippen LogP contribution is 2.19. The van der Waals surface area contributed by atoms with E-state index in [4.69, 9.17) is 10.5 Å². The molecule has 0 heterocycles. The summed E-state index contributed by atoms with van der Waals surface area (Å²) < 4.78 is 5.01. The molecule has 0 aliphatic carbocycles. The van der Waals surface area contributed by atoms with Gasteiger partial charge in [-0.05, 0) is 25.5 Å². The molecule has 0 saturated heterocycles. The van der Waals surface area contributed by atoms with Crippen LogP contribution in [0.4, 0.5) is 4.79 Å². The zero-order chi connectivity index (χ0) is 13.4. The second-order valence-corrected chi connectivity index (χ2v) is 4.42. The number of benzene rings is 1. The molecule has 0 fully saturated rings. The molecule has 0 bridgehead atoms. The van der Waals surface area contributed by atoms with Crippen molar-refractivity contribution in [2.45, 2.75) is 19.4 Å². The summed E-state index contributed by atoms with van der Waals surface area (Å²) in [5.74, 6) is 0. The molecule has 0 radical (unpaired) electrons. The van der Waals surface area contributed by atoms with Gasteiger partial charge < -0.3 is 15.8 Å². The molecule has 1 amide bonds. The molecule has 0 aliphatic heterocycles.